The number of nitrogens with zero attached hydrogens (tertiary/aromatic N) is 8. The predicted molar refractivity (Wildman–Crippen MR) is 321 cm³/mol. The fourth-order valence-corrected chi connectivity index (χ4v) is 15.3. The normalized spacial score (nSPS) is 20.4. The van der Waals surface area contributed by atoms with Crippen molar-refractivity contribution >= 4 is 31.9 Å². The summed E-state index contributed by atoms with van der Waals surface area (Å²) in [7, 11) is 2.53. The third-order valence-electron chi connectivity index (χ3n) is 17.2. The summed E-state index contributed by atoms with van der Waals surface area (Å²) < 4.78 is 77.1. The van der Waals surface area contributed by atoms with Crippen molar-refractivity contribution in [3.63, 3.8) is 0 Å². The van der Waals surface area contributed by atoms with E-state index in [4.69, 9.17) is 18.9 Å². The van der Waals surface area contributed by atoms with E-state index in [0.717, 1.165) is 104 Å². The number of piperazine rings is 2. The van der Waals surface area contributed by atoms with E-state index in [9.17, 15) is 26.4 Å². The van der Waals surface area contributed by atoms with Gasteiger partial charge in [-0.15, -0.1) is 0 Å². The highest BCUT2D eigenvalue weighted by Crippen LogP contribution is 2.32. The Morgan fingerprint density at radius 1 is 0.500 bits per heavy atom. The van der Waals surface area contributed by atoms with E-state index in [1.807, 2.05) is 23.9 Å². The molecule has 2 unspecified atom stereocenters. The fourth-order valence-electron chi connectivity index (χ4n) is 12.2. The average molecular weight is 1170 g/mol. The quantitative estimate of drug-likeness (QED) is 0.0719. The first kappa shape index (κ1) is 64.6. The molecule has 4 fully saturated rings. The highest BCUT2D eigenvalue weighted by molar-refractivity contribution is 7.89. The van der Waals surface area contributed by atoms with Crippen molar-refractivity contribution < 1.29 is 45.4 Å². The number of sulfonamides is 2. The summed E-state index contributed by atoms with van der Waals surface area (Å²) >= 11 is 0. The lowest BCUT2D eigenvalue weighted by Gasteiger charge is -2.38. The molecule has 2 amide bonds. The number of benzene rings is 4. The first-order valence-electron chi connectivity index (χ1n) is 29.1. The molecular weight excluding hydrogens is 1080 g/mol. The van der Waals surface area contributed by atoms with Crippen molar-refractivity contribution in [3.05, 3.63) is 118 Å². The second-order valence-corrected chi connectivity index (χ2v) is 26.7. The number of amides is 2. The minimum Gasteiger partial charge on any atom is -0.497 e. The van der Waals surface area contributed by atoms with Crippen LogP contribution in [0.1, 0.15) is 71.9 Å². The molecule has 2 aliphatic heterocycles. The molecule has 18 nitrogen and oxygen atoms in total. The molecule has 4 aromatic carbocycles. The number of rotatable bonds is 24. The zero-order valence-corrected chi connectivity index (χ0v) is 52.1. The van der Waals surface area contributed by atoms with Crippen LogP contribution < -0.4 is 9.47 Å². The van der Waals surface area contributed by atoms with E-state index < -0.39 is 20.0 Å². The van der Waals surface area contributed by atoms with E-state index in [0.29, 0.717) is 45.8 Å². The van der Waals surface area contributed by atoms with Crippen LogP contribution in [0.2, 0.25) is 0 Å². The van der Waals surface area contributed by atoms with Gasteiger partial charge in [-0.25, -0.2) is 16.8 Å². The fraction of sp³-hybridized carbons (Fsp3) is 0.581. The van der Waals surface area contributed by atoms with E-state index >= 15 is 0 Å². The molecule has 2 heterocycles. The third kappa shape index (κ3) is 17.1. The lowest BCUT2D eigenvalue weighted by atomic mass is 10.1. The maximum atomic E-state index is 13.2. The van der Waals surface area contributed by atoms with Crippen molar-refractivity contribution in [2.75, 3.05) is 134 Å². The summed E-state index contributed by atoms with van der Waals surface area (Å²) in [6.45, 7) is 18.1. The number of aryl methyl sites for hydroxylation is 4. The van der Waals surface area contributed by atoms with Crippen LogP contribution in [0.25, 0.3) is 0 Å². The number of methoxy groups -OCH3 is 2. The summed E-state index contributed by atoms with van der Waals surface area (Å²) in [4.78, 5) is 40.2. The zero-order valence-electron chi connectivity index (χ0n) is 50.4. The average Bonchev–Trinajstić information content (AvgIpc) is 4.17. The molecule has 4 atom stereocenters. The van der Waals surface area contributed by atoms with Gasteiger partial charge in [-0.05, 0) is 124 Å². The second-order valence-electron chi connectivity index (χ2n) is 22.8. The van der Waals surface area contributed by atoms with Crippen LogP contribution in [0.5, 0.6) is 11.5 Å². The van der Waals surface area contributed by atoms with Crippen molar-refractivity contribution in [3.8, 4) is 11.5 Å². The Balaban J connectivity index is 0.000000236. The van der Waals surface area contributed by atoms with Crippen LogP contribution in [0.15, 0.2) is 94.7 Å². The Kier molecular flexibility index (Phi) is 23.8. The zero-order chi connectivity index (χ0) is 59.1. The number of carbonyl (C=O) groups excluding carboxylic acids is 2. The van der Waals surface area contributed by atoms with Gasteiger partial charge in [0.15, 0.2) is 0 Å². The summed E-state index contributed by atoms with van der Waals surface area (Å²) in [5, 5.41) is 0. The number of hydrogen-bond acceptors (Lipinski definition) is 14. The highest BCUT2D eigenvalue weighted by atomic mass is 32.2. The highest BCUT2D eigenvalue weighted by Gasteiger charge is 2.36. The molecule has 82 heavy (non-hydrogen) atoms. The lowest BCUT2D eigenvalue weighted by molar-refractivity contribution is -0.137. The number of carbonyl (C=O) groups is 2. The molecular formula is C62H92N8O10S2. The van der Waals surface area contributed by atoms with Gasteiger partial charge >= 0.3 is 0 Å². The molecule has 0 bridgehead atoms. The van der Waals surface area contributed by atoms with Crippen molar-refractivity contribution in [2.45, 2.75) is 113 Å². The Hall–Kier alpha value is -5.00. The van der Waals surface area contributed by atoms with Crippen LogP contribution >= 0.6 is 0 Å². The summed E-state index contributed by atoms with van der Waals surface area (Å²) in [5.41, 5.74) is 5.26. The van der Waals surface area contributed by atoms with E-state index in [1.54, 1.807) is 66.2 Å². The Bertz CT molecular complexity index is 2680. The maximum Gasteiger partial charge on any atom is 0.248 e. The summed E-state index contributed by atoms with van der Waals surface area (Å²) in [5.74, 6) is 1.14. The molecule has 0 N–H and O–H groups in total. The molecule has 2 saturated heterocycles. The van der Waals surface area contributed by atoms with Gasteiger partial charge in [0.1, 0.15) is 24.7 Å². The van der Waals surface area contributed by atoms with Crippen LogP contribution in [0.4, 0.5) is 0 Å². The third-order valence-corrected chi connectivity index (χ3v) is 21.5. The van der Waals surface area contributed by atoms with Crippen molar-refractivity contribution in [1.29, 1.82) is 0 Å². The Morgan fingerprint density at radius 2 is 0.829 bits per heavy atom. The monoisotopic (exact) mass is 1170 g/mol. The first-order chi connectivity index (χ1) is 39.2. The van der Waals surface area contributed by atoms with E-state index in [-0.39, 0.29) is 73.2 Å². The molecule has 4 aliphatic rings. The van der Waals surface area contributed by atoms with Crippen molar-refractivity contribution in [1.82, 2.24) is 38.0 Å². The molecule has 0 spiro atoms. The predicted octanol–water partition coefficient (Wildman–Crippen LogP) is 6.29. The molecule has 4 aromatic rings. The maximum absolute atomic E-state index is 13.2. The van der Waals surface area contributed by atoms with Gasteiger partial charge in [-0.3, -0.25) is 29.2 Å². The van der Waals surface area contributed by atoms with Gasteiger partial charge < -0.3 is 28.7 Å². The van der Waals surface area contributed by atoms with Gasteiger partial charge in [0, 0.05) is 131 Å². The van der Waals surface area contributed by atoms with Crippen LogP contribution in [0, 0.1) is 27.7 Å². The van der Waals surface area contributed by atoms with Gasteiger partial charge in [0.05, 0.1) is 37.2 Å². The number of hydrogen-bond donors (Lipinski definition) is 0. The molecule has 20 heteroatoms. The topological polar surface area (TPSA) is 165 Å². The van der Waals surface area contributed by atoms with Gasteiger partial charge in [-0.2, -0.15) is 8.61 Å². The second kappa shape index (κ2) is 30.2. The Morgan fingerprint density at radius 3 is 1.15 bits per heavy atom. The number of likely N-dealkylation sites (N-methyl/N-ethyl adjacent to an activating group) is 4. The summed E-state index contributed by atoms with van der Waals surface area (Å²) in [6.07, 6.45) is 6.19. The first-order valence-corrected chi connectivity index (χ1v) is 32.0. The van der Waals surface area contributed by atoms with Crippen LogP contribution in [-0.4, -0.2) is 225 Å². The largest absolute Gasteiger partial charge is 0.497 e. The van der Waals surface area contributed by atoms with Gasteiger partial charge in [0.25, 0.3) is 0 Å². The molecule has 2 saturated carbocycles. The minimum absolute atomic E-state index is 0.0513. The standard InChI is InChI=1S/2C31H46N4O5S/c2*1-24-19-29(39-5)20-25(2)31(24)41(37,38)32(3)17-18-40-23-30(36)33(4)27-11-12-28(21-27)35-15-13-34(14-16-35)22-26-9-7-6-8-10-26/h2*6-10,19-20,27-28H,11-18,21-23H2,1-5H3/t27-,28+;/m1./s1. The molecule has 0 aromatic heterocycles. The van der Waals surface area contributed by atoms with Gasteiger partial charge in [0.2, 0.25) is 31.9 Å². The van der Waals surface area contributed by atoms with Gasteiger partial charge in [-0.1, -0.05) is 60.7 Å². The van der Waals surface area contributed by atoms with Crippen molar-refractivity contribution in [2.24, 2.45) is 0 Å². The lowest BCUT2D eigenvalue weighted by Crippen LogP contribution is -2.49. The van der Waals surface area contributed by atoms with E-state index in [2.05, 4.69) is 80.3 Å². The smallest absolute Gasteiger partial charge is 0.248 e. The Labute approximate surface area is 490 Å². The van der Waals surface area contributed by atoms with E-state index in [1.165, 1.54) is 33.8 Å². The minimum atomic E-state index is -3.70. The SMILES string of the molecule is COc1cc(C)c(S(=O)(=O)N(C)CCOCC(=O)N(C)C2CCC(N3CCN(Cc4ccccc4)CC3)C2)c(C)c1.COc1cc(C)c(S(=O)(=O)N(C)CCOCC(=O)N(C)[C@@H]2CC[C@H](N3CCN(Cc4ccccc4)CC3)C2)c(C)c1. The van der Waals surface area contributed by atoms with Crippen LogP contribution in [-0.2, 0) is 52.2 Å². The molecule has 2 aliphatic carbocycles. The summed E-state index contributed by atoms with van der Waals surface area (Å²) in [6, 6.07) is 29.6. The van der Waals surface area contributed by atoms with Crippen LogP contribution in [0.3, 0.4) is 0 Å². The molecule has 0 radical (unpaired) electrons. The molecule has 8 rings (SSSR count). The number of ether oxygens (including phenoxy) is 4. The molecule has 452 valence electrons.